The van der Waals surface area contributed by atoms with E-state index in [-0.39, 0.29) is 6.61 Å². The van der Waals surface area contributed by atoms with Crippen LogP contribution >= 0.6 is 11.3 Å². The maximum Gasteiger partial charge on any atom is 0.251 e. The van der Waals surface area contributed by atoms with Gasteiger partial charge < -0.3 is 14.8 Å². The van der Waals surface area contributed by atoms with Gasteiger partial charge in [0.1, 0.15) is 11.8 Å². The van der Waals surface area contributed by atoms with Crippen LogP contribution in [0.5, 0.6) is 5.75 Å². The molecule has 1 aromatic carbocycles. The van der Waals surface area contributed by atoms with Gasteiger partial charge in [-0.05, 0) is 19.1 Å². The second-order valence-corrected chi connectivity index (χ2v) is 6.79. The highest BCUT2D eigenvalue weighted by atomic mass is 32.1. The van der Waals surface area contributed by atoms with E-state index < -0.39 is 24.9 Å². The van der Waals surface area contributed by atoms with E-state index in [1.165, 1.54) is 16.2 Å². The molecule has 1 aliphatic rings. The summed E-state index contributed by atoms with van der Waals surface area (Å²) in [6.07, 6.45) is -2.50. The highest BCUT2D eigenvalue weighted by Gasteiger charge is 2.31. The Morgan fingerprint density at radius 2 is 2.30 bits per heavy atom. The molecular formula is C18H21F2N3O3S. The van der Waals surface area contributed by atoms with Crippen LogP contribution in [0.1, 0.15) is 6.92 Å². The first kappa shape index (κ1) is 19.7. The molecule has 1 fully saturated rings. The van der Waals surface area contributed by atoms with E-state index >= 15 is 0 Å². The van der Waals surface area contributed by atoms with E-state index in [1.54, 1.807) is 0 Å². The van der Waals surface area contributed by atoms with Crippen LogP contribution in [0.2, 0.25) is 0 Å². The zero-order chi connectivity index (χ0) is 19.2. The third-order valence-corrected chi connectivity index (χ3v) is 4.87. The molecule has 1 saturated heterocycles. The molecule has 0 saturated carbocycles. The molecule has 146 valence electrons. The number of thiazole rings is 1. The summed E-state index contributed by atoms with van der Waals surface area (Å²) < 4.78 is 36.4. The second-order valence-electron chi connectivity index (χ2n) is 5.93. The summed E-state index contributed by atoms with van der Waals surface area (Å²) >= 11 is 1.27. The number of ether oxygens (including phenoxy) is 2. The lowest BCUT2D eigenvalue weighted by atomic mass is 10.1. The largest absolute Gasteiger partial charge is 0.493 e. The quantitative estimate of drug-likeness (QED) is 0.778. The predicted octanol–water partition coefficient (Wildman–Crippen LogP) is 3.11. The smallest absolute Gasteiger partial charge is 0.251 e. The third kappa shape index (κ3) is 5.00. The molecule has 2 heterocycles. The molecular weight excluding hydrogens is 376 g/mol. The van der Waals surface area contributed by atoms with Crippen LogP contribution in [0.15, 0.2) is 29.6 Å². The number of benzene rings is 1. The summed E-state index contributed by atoms with van der Waals surface area (Å²) in [7, 11) is 0. The molecule has 0 spiro atoms. The molecule has 9 heteroatoms. The fourth-order valence-corrected chi connectivity index (χ4v) is 3.59. The number of anilines is 1. The number of carbonyl (C=O) groups is 1. The summed E-state index contributed by atoms with van der Waals surface area (Å²) in [6.45, 7) is 2.71. The number of nitrogens with one attached hydrogen (secondary N) is 1. The van der Waals surface area contributed by atoms with Crippen LogP contribution in [-0.2, 0) is 9.53 Å². The van der Waals surface area contributed by atoms with Crippen molar-refractivity contribution in [2.75, 3.05) is 38.2 Å². The van der Waals surface area contributed by atoms with Crippen molar-refractivity contribution in [1.82, 2.24) is 9.88 Å². The number of alkyl halides is 2. The average Bonchev–Trinajstić information content (AvgIpc) is 3.10. The standard InChI is InChI=1S/C18H21F2N3O3S/c1-2-26-15-6-4-3-5-12(15)13-11-27-18(21-13)22-17(24)14-10-25-8-7-23(14)9-16(19)20/h3-6,11,14,16H,2,7-10H2,1H3,(H,21,22,24). The summed E-state index contributed by atoms with van der Waals surface area (Å²) in [6, 6.07) is 6.76. The summed E-state index contributed by atoms with van der Waals surface area (Å²) in [5.41, 5.74) is 1.51. The van der Waals surface area contributed by atoms with Gasteiger partial charge in [-0.1, -0.05) is 12.1 Å². The first-order valence-corrected chi connectivity index (χ1v) is 9.55. The van der Waals surface area contributed by atoms with Crippen LogP contribution in [-0.4, -0.2) is 61.2 Å². The summed E-state index contributed by atoms with van der Waals surface area (Å²) in [5.74, 6) is 0.321. The van der Waals surface area contributed by atoms with Gasteiger partial charge in [-0.3, -0.25) is 9.69 Å². The summed E-state index contributed by atoms with van der Waals surface area (Å²) in [5, 5.41) is 4.95. The Morgan fingerprint density at radius 3 is 3.07 bits per heavy atom. The average molecular weight is 397 g/mol. The van der Waals surface area contributed by atoms with Crippen LogP contribution < -0.4 is 10.1 Å². The normalized spacial score (nSPS) is 17.9. The monoisotopic (exact) mass is 397 g/mol. The second kappa shape index (κ2) is 9.20. The molecule has 1 atom stereocenters. The van der Waals surface area contributed by atoms with Crippen LogP contribution in [0, 0.1) is 0 Å². The van der Waals surface area contributed by atoms with Crippen molar-refractivity contribution in [2.45, 2.75) is 19.4 Å². The topological polar surface area (TPSA) is 63.7 Å². The molecule has 0 radical (unpaired) electrons. The lowest BCUT2D eigenvalue weighted by Gasteiger charge is -2.33. The van der Waals surface area contributed by atoms with E-state index in [1.807, 2.05) is 36.6 Å². The minimum absolute atomic E-state index is 0.0873. The molecule has 1 unspecified atom stereocenters. The zero-order valence-corrected chi connectivity index (χ0v) is 15.7. The van der Waals surface area contributed by atoms with Crippen molar-refractivity contribution >= 4 is 22.4 Å². The van der Waals surface area contributed by atoms with Gasteiger partial charge in [0, 0.05) is 17.5 Å². The number of amides is 1. The Kier molecular flexibility index (Phi) is 6.70. The van der Waals surface area contributed by atoms with E-state index in [0.29, 0.717) is 36.3 Å². The number of hydrogen-bond acceptors (Lipinski definition) is 6. The van der Waals surface area contributed by atoms with Crippen molar-refractivity contribution in [2.24, 2.45) is 0 Å². The molecule has 0 aliphatic carbocycles. The molecule has 1 N–H and O–H groups in total. The Morgan fingerprint density at radius 1 is 1.48 bits per heavy atom. The maximum atomic E-state index is 12.7. The van der Waals surface area contributed by atoms with Crippen molar-refractivity contribution in [1.29, 1.82) is 0 Å². The molecule has 2 aromatic rings. The fraction of sp³-hybridized carbons (Fsp3) is 0.444. The molecule has 1 amide bonds. The lowest BCUT2D eigenvalue weighted by Crippen LogP contribution is -2.53. The van der Waals surface area contributed by atoms with Gasteiger partial charge in [-0.2, -0.15) is 0 Å². The molecule has 1 aliphatic heterocycles. The van der Waals surface area contributed by atoms with Gasteiger partial charge in [0.25, 0.3) is 6.43 Å². The third-order valence-electron chi connectivity index (χ3n) is 4.11. The van der Waals surface area contributed by atoms with E-state index in [2.05, 4.69) is 10.3 Å². The predicted molar refractivity (Wildman–Crippen MR) is 99.5 cm³/mol. The maximum absolute atomic E-state index is 12.7. The minimum atomic E-state index is -2.50. The highest BCUT2D eigenvalue weighted by molar-refractivity contribution is 7.14. The number of morpholine rings is 1. The van der Waals surface area contributed by atoms with Gasteiger partial charge in [0.15, 0.2) is 5.13 Å². The Hall–Kier alpha value is -2.10. The van der Waals surface area contributed by atoms with E-state index in [4.69, 9.17) is 9.47 Å². The van der Waals surface area contributed by atoms with Crippen LogP contribution in [0.25, 0.3) is 11.3 Å². The van der Waals surface area contributed by atoms with Crippen LogP contribution in [0.4, 0.5) is 13.9 Å². The minimum Gasteiger partial charge on any atom is -0.493 e. The summed E-state index contributed by atoms with van der Waals surface area (Å²) in [4.78, 5) is 18.4. The molecule has 3 rings (SSSR count). The van der Waals surface area contributed by atoms with Gasteiger partial charge in [0.2, 0.25) is 5.91 Å². The number of rotatable bonds is 7. The molecule has 1 aromatic heterocycles. The van der Waals surface area contributed by atoms with Crippen molar-refractivity contribution < 1.29 is 23.0 Å². The number of halogens is 2. The first-order valence-electron chi connectivity index (χ1n) is 8.67. The number of nitrogens with zero attached hydrogens (tertiary/aromatic N) is 2. The molecule has 27 heavy (non-hydrogen) atoms. The van der Waals surface area contributed by atoms with Gasteiger partial charge in [-0.25, -0.2) is 13.8 Å². The van der Waals surface area contributed by atoms with E-state index in [9.17, 15) is 13.6 Å². The Bertz CT molecular complexity index is 772. The lowest BCUT2D eigenvalue weighted by molar-refractivity contribution is -0.128. The van der Waals surface area contributed by atoms with Gasteiger partial charge in [0.05, 0.1) is 32.1 Å². The van der Waals surface area contributed by atoms with Crippen molar-refractivity contribution in [3.8, 4) is 17.0 Å². The van der Waals surface area contributed by atoms with Crippen LogP contribution in [0.3, 0.4) is 0 Å². The SMILES string of the molecule is CCOc1ccccc1-c1csc(NC(=O)C2COCCN2CC(F)F)n1. The van der Waals surface area contributed by atoms with Crippen molar-refractivity contribution in [3.05, 3.63) is 29.6 Å². The number of carbonyl (C=O) groups excluding carboxylic acids is 1. The fourth-order valence-electron chi connectivity index (χ4n) is 2.88. The molecule has 0 bridgehead atoms. The Labute approximate surface area is 160 Å². The number of hydrogen-bond donors (Lipinski definition) is 1. The number of para-hydroxylation sites is 1. The number of aromatic nitrogens is 1. The van der Waals surface area contributed by atoms with Gasteiger partial charge in [-0.15, -0.1) is 11.3 Å². The van der Waals surface area contributed by atoms with Crippen molar-refractivity contribution in [3.63, 3.8) is 0 Å². The zero-order valence-electron chi connectivity index (χ0n) is 14.9. The Balaban J connectivity index is 1.71. The first-order chi connectivity index (χ1) is 13.1. The van der Waals surface area contributed by atoms with E-state index in [0.717, 1.165) is 5.56 Å². The highest BCUT2D eigenvalue weighted by Crippen LogP contribution is 2.32. The molecule has 6 nitrogen and oxygen atoms in total. The van der Waals surface area contributed by atoms with Gasteiger partial charge >= 0.3 is 0 Å².